The number of halogens is 2. The van der Waals surface area contributed by atoms with Crippen molar-refractivity contribution in [3.05, 3.63) is 33.3 Å². The second-order valence-corrected chi connectivity index (χ2v) is 5.67. The van der Waals surface area contributed by atoms with Gasteiger partial charge in [-0.3, -0.25) is 4.79 Å². The zero-order valence-electron chi connectivity index (χ0n) is 9.58. The Morgan fingerprint density at radius 1 is 1.59 bits per heavy atom. The lowest BCUT2D eigenvalue weighted by Gasteiger charge is -2.13. The molecule has 17 heavy (non-hydrogen) atoms. The van der Waals surface area contributed by atoms with Gasteiger partial charge in [-0.2, -0.15) is 0 Å². The van der Waals surface area contributed by atoms with Crippen LogP contribution in [0.3, 0.4) is 0 Å². The van der Waals surface area contributed by atoms with Gasteiger partial charge in [0.25, 0.3) is 0 Å². The molecule has 1 heterocycles. The van der Waals surface area contributed by atoms with Crippen molar-refractivity contribution in [3.8, 4) is 0 Å². The molecule has 2 nitrogen and oxygen atoms in total. The van der Waals surface area contributed by atoms with E-state index in [-0.39, 0.29) is 17.8 Å². The number of rotatable bonds is 3. The summed E-state index contributed by atoms with van der Waals surface area (Å²) in [5.41, 5.74) is 0.888. The van der Waals surface area contributed by atoms with Crippen molar-refractivity contribution in [1.29, 1.82) is 0 Å². The lowest BCUT2D eigenvalue weighted by atomic mass is 9.93. The maximum Gasteiger partial charge on any atom is 0.143 e. The van der Waals surface area contributed by atoms with Crippen LogP contribution < -0.4 is 0 Å². The van der Waals surface area contributed by atoms with Gasteiger partial charge in [-0.05, 0) is 31.0 Å². The first-order valence-electron chi connectivity index (χ1n) is 5.66. The van der Waals surface area contributed by atoms with Crippen LogP contribution in [0.5, 0.6) is 0 Å². The zero-order chi connectivity index (χ0) is 12.4. The first kappa shape index (κ1) is 13.1. The van der Waals surface area contributed by atoms with Crippen molar-refractivity contribution in [2.75, 3.05) is 6.61 Å². The fourth-order valence-electron chi connectivity index (χ4n) is 2.14. The summed E-state index contributed by atoms with van der Waals surface area (Å²) in [5.74, 6) is 0.244. The van der Waals surface area contributed by atoms with Crippen LogP contribution in [0.2, 0.25) is 5.02 Å². The molecule has 1 fully saturated rings. The predicted molar refractivity (Wildman–Crippen MR) is 71.4 cm³/mol. The van der Waals surface area contributed by atoms with Crippen LogP contribution in [0, 0.1) is 5.92 Å². The first-order chi connectivity index (χ1) is 8.08. The highest BCUT2D eigenvalue weighted by Crippen LogP contribution is 2.26. The van der Waals surface area contributed by atoms with Gasteiger partial charge < -0.3 is 4.74 Å². The normalized spacial score (nSPS) is 23.9. The van der Waals surface area contributed by atoms with E-state index in [2.05, 4.69) is 15.9 Å². The van der Waals surface area contributed by atoms with E-state index >= 15 is 0 Å². The van der Waals surface area contributed by atoms with E-state index in [4.69, 9.17) is 16.3 Å². The monoisotopic (exact) mass is 316 g/mol. The molecule has 0 saturated carbocycles. The molecule has 0 spiro atoms. The number of carbonyl (C=O) groups is 1. The third-order valence-electron chi connectivity index (χ3n) is 3.17. The lowest BCUT2D eigenvalue weighted by Crippen LogP contribution is -2.23. The number of ketones is 1. The minimum Gasteiger partial charge on any atom is -0.378 e. The molecule has 92 valence electrons. The molecular formula is C13H14BrClO2. The summed E-state index contributed by atoms with van der Waals surface area (Å²) in [5, 5.41) is 0.638. The molecule has 0 amide bonds. The number of benzene rings is 1. The molecular weight excluding hydrogens is 303 g/mol. The molecule has 1 aliphatic heterocycles. The molecule has 1 saturated heterocycles. The van der Waals surface area contributed by atoms with Gasteiger partial charge in [0.2, 0.25) is 0 Å². The third-order valence-corrected chi connectivity index (χ3v) is 4.01. The molecule has 0 aliphatic carbocycles. The molecule has 2 atom stereocenters. The average molecular weight is 318 g/mol. The largest absolute Gasteiger partial charge is 0.378 e. The predicted octanol–water partition coefficient (Wildman–Crippen LogP) is 3.64. The Balaban J connectivity index is 2.07. The van der Waals surface area contributed by atoms with E-state index in [1.165, 1.54) is 0 Å². The molecule has 0 N–H and O–H groups in total. The summed E-state index contributed by atoms with van der Waals surface area (Å²) < 4.78 is 6.34. The summed E-state index contributed by atoms with van der Waals surface area (Å²) >= 11 is 9.45. The van der Waals surface area contributed by atoms with E-state index in [1.807, 2.05) is 25.1 Å². The number of hydrogen-bond donors (Lipinski definition) is 0. The molecule has 1 aliphatic rings. The molecule has 1 aromatic carbocycles. The lowest BCUT2D eigenvalue weighted by molar-refractivity contribution is -0.123. The van der Waals surface area contributed by atoms with Gasteiger partial charge in [-0.1, -0.05) is 33.6 Å². The number of Topliss-reactive ketones (excluding diaryl/α,β-unsaturated/α-hetero) is 1. The van der Waals surface area contributed by atoms with Crippen LogP contribution in [-0.2, 0) is 16.0 Å². The van der Waals surface area contributed by atoms with Crippen molar-refractivity contribution in [2.45, 2.75) is 25.9 Å². The van der Waals surface area contributed by atoms with Gasteiger partial charge >= 0.3 is 0 Å². The van der Waals surface area contributed by atoms with Crippen molar-refractivity contribution in [3.63, 3.8) is 0 Å². The van der Waals surface area contributed by atoms with Gasteiger partial charge in [0.05, 0.1) is 6.10 Å². The SMILES string of the molecule is CC1OCCC1C(=O)Cc1ccc(Br)cc1Cl. The van der Waals surface area contributed by atoms with E-state index in [0.717, 1.165) is 16.5 Å². The fourth-order valence-corrected chi connectivity index (χ4v) is 2.88. The Bertz CT molecular complexity index is 433. The Hall–Kier alpha value is -0.380. The quantitative estimate of drug-likeness (QED) is 0.851. The van der Waals surface area contributed by atoms with Crippen LogP contribution in [-0.4, -0.2) is 18.5 Å². The van der Waals surface area contributed by atoms with E-state index in [1.54, 1.807) is 0 Å². The molecule has 2 unspecified atom stereocenters. The molecule has 0 bridgehead atoms. The van der Waals surface area contributed by atoms with Gasteiger partial charge in [0, 0.05) is 28.4 Å². The number of hydrogen-bond acceptors (Lipinski definition) is 2. The third kappa shape index (κ3) is 3.09. The summed E-state index contributed by atoms with van der Waals surface area (Å²) in [4.78, 5) is 12.1. The fraction of sp³-hybridized carbons (Fsp3) is 0.462. The van der Waals surface area contributed by atoms with Crippen LogP contribution in [0.1, 0.15) is 18.9 Å². The van der Waals surface area contributed by atoms with E-state index in [9.17, 15) is 4.79 Å². The molecule has 0 radical (unpaired) electrons. The highest BCUT2D eigenvalue weighted by molar-refractivity contribution is 9.10. The maximum atomic E-state index is 12.1. The van der Waals surface area contributed by atoms with Crippen molar-refractivity contribution in [2.24, 2.45) is 5.92 Å². The molecule has 2 rings (SSSR count). The maximum absolute atomic E-state index is 12.1. The summed E-state index contributed by atoms with van der Waals surface area (Å²) in [6.45, 7) is 2.64. The van der Waals surface area contributed by atoms with Gasteiger partial charge in [0.1, 0.15) is 5.78 Å². The van der Waals surface area contributed by atoms with Crippen LogP contribution in [0.25, 0.3) is 0 Å². The van der Waals surface area contributed by atoms with Crippen molar-refractivity contribution in [1.82, 2.24) is 0 Å². The number of ether oxygens (including phenoxy) is 1. The zero-order valence-corrected chi connectivity index (χ0v) is 11.9. The van der Waals surface area contributed by atoms with Crippen molar-refractivity contribution < 1.29 is 9.53 Å². The van der Waals surface area contributed by atoms with Gasteiger partial charge in [-0.25, -0.2) is 0 Å². The molecule has 4 heteroatoms. The van der Waals surface area contributed by atoms with E-state index in [0.29, 0.717) is 18.1 Å². The minimum absolute atomic E-state index is 0.0229. The van der Waals surface area contributed by atoms with Crippen molar-refractivity contribution >= 4 is 33.3 Å². The molecule has 0 aromatic heterocycles. The van der Waals surface area contributed by atoms with E-state index < -0.39 is 0 Å². The molecule has 1 aromatic rings. The van der Waals surface area contributed by atoms with Crippen LogP contribution >= 0.6 is 27.5 Å². The highest BCUT2D eigenvalue weighted by atomic mass is 79.9. The summed E-state index contributed by atoms with van der Waals surface area (Å²) in [6, 6.07) is 5.62. The van der Waals surface area contributed by atoms with Gasteiger partial charge in [0.15, 0.2) is 0 Å². The van der Waals surface area contributed by atoms with Crippen LogP contribution in [0.15, 0.2) is 22.7 Å². The Morgan fingerprint density at radius 2 is 2.35 bits per heavy atom. The summed E-state index contributed by atoms with van der Waals surface area (Å²) in [6.07, 6.45) is 1.26. The topological polar surface area (TPSA) is 26.3 Å². The van der Waals surface area contributed by atoms with Gasteiger partial charge in [-0.15, -0.1) is 0 Å². The number of carbonyl (C=O) groups excluding carboxylic acids is 1. The second kappa shape index (κ2) is 5.51. The Morgan fingerprint density at radius 3 is 2.94 bits per heavy atom. The highest BCUT2D eigenvalue weighted by Gasteiger charge is 2.30. The first-order valence-corrected chi connectivity index (χ1v) is 6.83. The Labute approximate surface area is 114 Å². The smallest absolute Gasteiger partial charge is 0.143 e. The average Bonchev–Trinajstić information content (AvgIpc) is 2.68. The standard InChI is InChI=1S/C13H14BrClO2/c1-8-11(4-5-17-8)13(16)6-9-2-3-10(14)7-12(9)15/h2-3,7-8,11H,4-6H2,1H3. The Kier molecular flexibility index (Phi) is 4.23. The summed E-state index contributed by atoms with van der Waals surface area (Å²) in [7, 11) is 0. The van der Waals surface area contributed by atoms with Crippen LogP contribution in [0.4, 0.5) is 0 Å². The second-order valence-electron chi connectivity index (χ2n) is 4.35. The minimum atomic E-state index is 0.0229.